The van der Waals surface area contributed by atoms with Gasteiger partial charge in [-0.1, -0.05) is 12.1 Å². The number of ether oxygens (including phenoxy) is 1. The molecule has 2 aliphatic heterocycles. The zero-order valence-corrected chi connectivity index (χ0v) is 17.0. The minimum atomic E-state index is -3.15. The van der Waals surface area contributed by atoms with Gasteiger partial charge in [0.2, 0.25) is 5.91 Å². The van der Waals surface area contributed by atoms with Crippen molar-refractivity contribution in [3.63, 3.8) is 0 Å². The highest BCUT2D eigenvalue weighted by molar-refractivity contribution is 7.91. The van der Waals surface area contributed by atoms with E-state index in [1.165, 1.54) is 0 Å². The number of anilines is 1. The maximum Gasteiger partial charge on any atom is 0.234 e. The van der Waals surface area contributed by atoms with Crippen molar-refractivity contribution in [3.05, 3.63) is 24.3 Å². The number of carbonyl (C=O) groups excluding carboxylic acids is 1. The highest BCUT2D eigenvalue weighted by Gasteiger charge is 2.37. The van der Waals surface area contributed by atoms with Crippen LogP contribution in [0.25, 0.3) is 0 Å². The molecule has 0 spiro atoms. The minimum absolute atomic E-state index is 0.0720. The number of benzene rings is 1. The summed E-state index contributed by atoms with van der Waals surface area (Å²) in [7, 11) is -3.15. The van der Waals surface area contributed by atoms with Crippen LogP contribution in [0.3, 0.4) is 0 Å². The van der Waals surface area contributed by atoms with E-state index in [0.29, 0.717) is 6.61 Å². The Labute approximate surface area is 165 Å². The van der Waals surface area contributed by atoms with Gasteiger partial charge in [0.25, 0.3) is 0 Å². The Balaban J connectivity index is 1.49. The van der Waals surface area contributed by atoms with Crippen LogP contribution >= 0.6 is 11.6 Å². The van der Waals surface area contributed by atoms with Gasteiger partial charge in [-0.05, 0) is 19.1 Å². The first-order valence-electron chi connectivity index (χ1n) is 9.21. The van der Waals surface area contributed by atoms with Gasteiger partial charge in [0, 0.05) is 26.2 Å². The summed E-state index contributed by atoms with van der Waals surface area (Å²) in [5.41, 5.74) is 1.07. The molecule has 0 bridgehead atoms. The minimum Gasteiger partial charge on any atom is -0.492 e. The molecule has 2 aliphatic rings. The number of amides is 1. The molecular weight excluding hydrogens is 390 g/mol. The number of piperazine rings is 1. The molecule has 9 heteroatoms. The number of carbonyl (C=O) groups is 1. The third-order valence-electron chi connectivity index (χ3n) is 4.87. The summed E-state index contributed by atoms with van der Waals surface area (Å²) >= 11 is 6.05. The van der Waals surface area contributed by atoms with Crippen LogP contribution in [0.5, 0.6) is 5.75 Å². The molecule has 0 radical (unpaired) electrons. The number of hydrogen-bond donors (Lipinski definition) is 1. The van der Waals surface area contributed by atoms with Gasteiger partial charge in [0.1, 0.15) is 5.75 Å². The van der Waals surface area contributed by atoms with Crippen LogP contribution in [0.4, 0.5) is 5.69 Å². The number of para-hydroxylation sites is 2. The molecule has 0 saturated carbocycles. The smallest absolute Gasteiger partial charge is 0.234 e. The molecule has 2 fully saturated rings. The SMILES string of the molecule is CCOc1ccccc1N1CCN(CC(=O)N[C@@H]2CS(=O)(=O)C[C@H]2Cl)CC1. The average molecular weight is 416 g/mol. The predicted octanol–water partition coefficient (Wildman–Crippen LogP) is 0.728. The Morgan fingerprint density at radius 3 is 2.56 bits per heavy atom. The highest BCUT2D eigenvalue weighted by Crippen LogP contribution is 2.28. The molecule has 3 rings (SSSR count). The summed E-state index contributed by atoms with van der Waals surface area (Å²) in [6.07, 6.45) is 0. The number of halogens is 1. The van der Waals surface area contributed by atoms with E-state index in [1.807, 2.05) is 25.1 Å². The number of nitrogens with zero attached hydrogens (tertiary/aromatic N) is 2. The van der Waals surface area contributed by atoms with Gasteiger partial charge in [-0.15, -0.1) is 11.6 Å². The van der Waals surface area contributed by atoms with Crippen molar-refractivity contribution in [2.24, 2.45) is 0 Å². The number of rotatable bonds is 6. The molecule has 7 nitrogen and oxygen atoms in total. The monoisotopic (exact) mass is 415 g/mol. The van der Waals surface area contributed by atoms with E-state index in [-0.39, 0.29) is 24.0 Å². The van der Waals surface area contributed by atoms with E-state index in [2.05, 4.69) is 21.2 Å². The summed E-state index contributed by atoms with van der Waals surface area (Å²) in [5.74, 6) is 0.555. The van der Waals surface area contributed by atoms with Crippen molar-refractivity contribution >= 4 is 33.0 Å². The van der Waals surface area contributed by atoms with Crippen LogP contribution in [0.15, 0.2) is 24.3 Å². The molecule has 0 unspecified atom stereocenters. The number of hydrogen-bond acceptors (Lipinski definition) is 6. The largest absolute Gasteiger partial charge is 0.492 e. The lowest BCUT2D eigenvalue weighted by molar-refractivity contribution is -0.122. The molecule has 1 aromatic rings. The lowest BCUT2D eigenvalue weighted by Crippen LogP contribution is -2.51. The van der Waals surface area contributed by atoms with Crippen LogP contribution in [0.1, 0.15) is 6.92 Å². The summed E-state index contributed by atoms with van der Waals surface area (Å²) in [4.78, 5) is 16.6. The molecule has 2 saturated heterocycles. The summed E-state index contributed by atoms with van der Waals surface area (Å²) in [6.45, 7) is 5.94. The summed E-state index contributed by atoms with van der Waals surface area (Å²) < 4.78 is 28.9. The maximum atomic E-state index is 12.3. The normalized spacial score (nSPS) is 25.3. The Hall–Kier alpha value is -1.51. The van der Waals surface area contributed by atoms with Gasteiger partial charge in [0.15, 0.2) is 9.84 Å². The van der Waals surface area contributed by atoms with Crippen LogP contribution in [0, 0.1) is 0 Å². The Kier molecular flexibility index (Phi) is 6.49. The first-order chi connectivity index (χ1) is 12.9. The van der Waals surface area contributed by atoms with Gasteiger partial charge in [-0.3, -0.25) is 9.69 Å². The van der Waals surface area contributed by atoms with Crippen LogP contribution in [0.2, 0.25) is 0 Å². The number of alkyl halides is 1. The maximum absolute atomic E-state index is 12.3. The molecular formula is C18H26ClN3O4S. The molecule has 0 aromatic heterocycles. The summed E-state index contributed by atoms with van der Waals surface area (Å²) in [6, 6.07) is 7.48. The van der Waals surface area contributed by atoms with E-state index in [1.54, 1.807) is 0 Å². The fourth-order valence-electron chi connectivity index (χ4n) is 3.54. The van der Waals surface area contributed by atoms with Crippen LogP contribution in [-0.2, 0) is 14.6 Å². The van der Waals surface area contributed by atoms with E-state index in [9.17, 15) is 13.2 Å². The Morgan fingerprint density at radius 1 is 1.22 bits per heavy atom. The van der Waals surface area contributed by atoms with Crippen molar-refractivity contribution in [1.82, 2.24) is 10.2 Å². The Morgan fingerprint density at radius 2 is 1.93 bits per heavy atom. The van der Waals surface area contributed by atoms with Crippen LogP contribution < -0.4 is 15.0 Å². The molecule has 2 atom stereocenters. The van der Waals surface area contributed by atoms with Crippen molar-refractivity contribution in [2.45, 2.75) is 18.3 Å². The topological polar surface area (TPSA) is 79.0 Å². The zero-order chi connectivity index (χ0) is 19.4. The standard InChI is InChI=1S/C18H26ClN3O4S/c1-2-26-17-6-4-3-5-16(17)22-9-7-21(8-10-22)11-18(23)20-15-13-27(24,25)12-14(15)19/h3-6,14-15H,2,7-13H2,1H3,(H,20,23)/t14-,15-/m1/s1. The molecule has 150 valence electrons. The number of sulfone groups is 1. The summed E-state index contributed by atoms with van der Waals surface area (Å²) in [5, 5.41) is 2.22. The van der Waals surface area contributed by atoms with Crippen molar-refractivity contribution in [2.75, 3.05) is 55.7 Å². The quantitative estimate of drug-likeness (QED) is 0.690. The van der Waals surface area contributed by atoms with E-state index >= 15 is 0 Å². The fourth-order valence-corrected chi connectivity index (χ4v) is 6.09. The number of nitrogens with one attached hydrogen (secondary N) is 1. The lowest BCUT2D eigenvalue weighted by atomic mass is 10.2. The van der Waals surface area contributed by atoms with E-state index in [4.69, 9.17) is 16.3 Å². The predicted molar refractivity (Wildman–Crippen MR) is 106 cm³/mol. The highest BCUT2D eigenvalue weighted by atomic mass is 35.5. The average Bonchev–Trinajstić information content (AvgIpc) is 2.88. The molecule has 1 aromatic carbocycles. The second-order valence-electron chi connectivity index (χ2n) is 6.93. The van der Waals surface area contributed by atoms with Gasteiger partial charge in [-0.2, -0.15) is 0 Å². The molecule has 2 heterocycles. The third kappa shape index (κ3) is 5.27. The fraction of sp³-hybridized carbons (Fsp3) is 0.611. The van der Waals surface area contributed by atoms with Gasteiger partial charge < -0.3 is 15.0 Å². The van der Waals surface area contributed by atoms with Gasteiger partial charge in [0.05, 0.1) is 41.8 Å². The molecule has 0 aliphatic carbocycles. The van der Waals surface area contributed by atoms with Crippen LogP contribution in [-0.4, -0.2) is 81.5 Å². The second kappa shape index (κ2) is 8.67. The van der Waals surface area contributed by atoms with Crippen molar-refractivity contribution in [1.29, 1.82) is 0 Å². The molecule has 27 heavy (non-hydrogen) atoms. The Bertz CT molecular complexity index is 766. The van der Waals surface area contributed by atoms with Gasteiger partial charge >= 0.3 is 0 Å². The van der Waals surface area contributed by atoms with E-state index in [0.717, 1.165) is 37.6 Å². The zero-order valence-electron chi connectivity index (χ0n) is 15.4. The lowest BCUT2D eigenvalue weighted by Gasteiger charge is -2.36. The molecule has 1 amide bonds. The first kappa shape index (κ1) is 20.2. The molecule has 1 N–H and O–H groups in total. The second-order valence-corrected chi connectivity index (χ2v) is 9.65. The van der Waals surface area contributed by atoms with Gasteiger partial charge in [-0.25, -0.2) is 8.42 Å². The van der Waals surface area contributed by atoms with E-state index < -0.39 is 21.3 Å². The van der Waals surface area contributed by atoms with Crippen molar-refractivity contribution < 1.29 is 17.9 Å². The third-order valence-corrected chi connectivity index (χ3v) is 7.25. The van der Waals surface area contributed by atoms with Crippen molar-refractivity contribution in [3.8, 4) is 5.75 Å². The first-order valence-corrected chi connectivity index (χ1v) is 11.5.